The second-order valence-electron chi connectivity index (χ2n) is 12.6. The normalized spacial score (nSPS) is 40.6. The standard InChI is InChI=1S/C29H36O10/c1-13(30)37-24-15-9-14-17(29(5,23(15)34)19(27(24,2)3)12-20(31)36-6)7-8-28(4)18(14)11-22(33)38-25(28)16-10-21(32)39-26(16)35/h10,15,17,19,24-26,35H,7-9,11-12H2,1-6H3. The van der Waals surface area contributed by atoms with Crippen LogP contribution in [0.3, 0.4) is 0 Å². The molecule has 8 unspecified atom stereocenters. The van der Waals surface area contributed by atoms with Gasteiger partial charge in [0.1, 0.15) is 18.0 Å². The molecule has 1 saturated heterocycles. The number of hydrogen-bond acceptors (Lipinski definition) is 10. The topological polar surface area (TPSA) is 142 Å². The van der Waals surface area contributed by atoms with Crippen LogP contribution in [0, 0.1) is 34.0 Å². The minimum absolute atomic E-state index is 0.0112. The van der Waals surface area contributed by atoms with Crippen molar-refractivity contribution in [2.45, 2.75) is 85.2 Å². The average Bonchev–Trinajstić information content (AvgIpc) is 3.19. The predicted molar refractivity (Wildman–Crippen MR) is 133 cm³/mol. The van der Waals surface area contributed by atoms with Gasteiger partial charge in [0.05, 0.1) is 19.4 Å². The highest BCUT2D eigenvalue weighted by Gasteiger charge is 2.69. The summed E-state index contributed by atoms with van der Waals surface area (Å²) in [5.74, 6) is -3.59. The zero-order valence-electron chi connectivity index (χ0n) is 23.2. The van der Waals surface area contributed by atoms with Gasteiger partial charge in [-0.1, -0.05) is 33.3 Å². The zero-order valence-corrected chi connectivity index (χ0v) is 23.2. The Bertz CT molecular complexity index is 1230. The Balaban J connectivity index is 1.68. The summed E-state index contributed by atoms with van der Waals surface area (Å²) < 4.78 is 21.5. The van der Waals surface area contributed by atoms with E-state index in [0.717, 1.165) is 11.1 Å². The van der Waals surface area contributed by atoms with E-state index < -0.39 is 70.5 Å². The summed E-state index contributed by atoms with van der Waals surface area (Å²) in [6.45, 7) is 9.04. The summed E-state index contributed by atoms with van der Waals surface area (Å²) in [4.78, 5) is 64.0. The van der Waals surface area contributed by atoms with Crippen LogP contribution in [-0.4, -0.2) is 60.4 Å². The summed E-state index contributed by atoms with van der Waals surface area (Å²) in [7, 11) is 1.31. The number of carbonyl (C=O) groups excluding carboxylic acids is 5. The smallest absolute Gasteiger partial charge is 0.333 e. The Kier molecular flexibility index (Phi) is 6.36. The number of methoxy groups -OCH3 is 1. The maximum Gasteiger partial charge on any atom is 0.333 e. The van der Waals surface area contributed by atoms with Crippen molar-refractivity contribution in [1.82, 2.24) is 0 Å². The monoisotopic (exact) mass is 544 g/mol. The minimum atomic E-state index is -1.50. The quantitative estimate of drug-likeness (QED) is 0.319. The van der Waals surface area contributed by atoms with E-state index in [1.165, 1.54) is 20.1 Å². The van der Waals surface area contributed by atoms with Gasteiger partial charge in [0.2, 0.25) is 6.29 Å². The Hall–Kier alpha value is -3.01. The van der Waals surface area contributed by atoms with Gasteiger partial charge < -0.3 is 24.1 Å². The van der Waals surface area contributed by atoms with Crippen molar-refractivity contribution in [3.05, 3.63) is 22.8 Å². The number of aliphatic hydroxyl groups is 1. The molecule has 2 heterocycles. The molecule has 10 heteroatoms. The molecule has 0 spiro atoms. The number of fused-ring (bicyclic) bond motifs is 5. The highest BCUT2D eigenvalue weighted by atomic mass is 16.6. The van der Waals surface area contributed by atoms with Crippen LogP contribution in [-0.2, 0) is 42.9 Å². The molecule has 212 valence electrons. The van der Waals surface area contributed by atoms with Crippen LogP contribution in [0.15, 0.2) is 22.8 Å². The number of ketones is 1. The third kappa shape index (κ3) is 3.89. The maximum absolute atomic E-state index is 14.2. The SMILES string of the molecule is COC(=O)CC1C(C)(C)C(OC(C)=O)C2CC3=C4CC(=O)OC(C5=CC(=O)OC5O)C4(C)CCC3C1(C)C2=O. The molecule has 0 radical (unpaired) electrons. The minimum Gasteiger partial charge on any atom is -0.469 e. The average molecular weight is 545 g/mol. The molecule has 0 aromatic carbocycles. The molecule has 5 rings (SSSR count). The van der Waals surface area contributed by atoms with Crippen LogP contribution in [0.4, 0.5) is 0 Å². The van der Waals surface area contributed by atoms with Crippen molar-refractivity contribution in [2.75, 3.05) is 7.11 Å². The van der Waals surface area contributed by atoms with E-state index in [1.54, 1.807) is 0 Å². The zero-order chi connectivity index (χ0) is 28.7. The van der Waals surface area contributed by atoms with Crippen LogP contribution < -0.4 is 0 Å². The fourth-order valence-electron chi connectivity index (χ4n) is 8.57. The number of hydrogen-bond donors (Lipinski definition) is 1. The van der Waals surface area contributed by atoms with Crippen molar-refractivity contribution in [3.63, 3.8) is 0 Å². The van der Waals surface area contributed by atoms with Crippen LogP contribution in [0.1, 0.15) is 66.7 Å². The molecular weight excluding hydrogens is 508 g/mol. The summed E-state index contributed by atoms with van der Waals surface area (Å²) in [6, 6.07) is 0. The van der Waals surface area contributed by atoms with E-state index in [0.29, 0.717) is 19.3 Å². The summed E-state index contributed by atoms with van der Waals surface area (Å²) in [5.41, 5.74) is -0.449. The third-order valence-corrected chi connectivity index (χ3v) is 10.3. The number of cyclic esters (lactones) is 2. The number of rotatable bonds is 4. The lowest BCUT2D eigenvalue weighted by atomic mass is 9.40. The largest absolute Gasteiger partial charge is 0.469 e. The van der Waals surface area contributed by atoms with E-state index in [1.807, 2.05) is 27.7 Å². The molecule has 3 fully saturated rings. The molecule has 0 aromatic rings. The van der Waals surface area contributed by atoms with Gasteiger partial charge >= 0.3 is 23.9 Å². The lowest BCUT2D eigenvalue weighted by molar-refractivity contribution is -0.197. The number of aliphatic hydroxyl groups excluding tert-OH is 1. The second kappa shape index (κ2) is 9.01. The van der Waals surface area contributed by atoms with Crippen molar-refractivity contribution in [3.8, 4) is 0 Å². The van der Waals surface area contributed by atoms with Crippen LogP contribution in [0.25, 0.3) is 0 Å². The van der Waals surface area contributed by atoms with E-state index in [2.05, 4.69) is 0 Å². The first-order chi connectivity index (χ1) is 18.2. The second-order valence-corrected chi connectivity index (χ2v) is 12.6. The lowest BCUT2D eigenvalue weighted by Crippen LogP contribution is -2.67. The highest BCUT2D eigenvalue weighted by molar-refractivity contribution is 5.93. The first-order valence-corrected chi connectivity index (χ1v) is 13.5. The molecule has 8 atom stereocenters. The predicted octanol–water partition coefficient (Wildman–Crippen LogP) is 2.56. The van der Waals surface area contributed by atoms with Crippen molar-refractivity contribution in [2.24, 2.45) is 34.0 Å². The van der Waals surface area contributed by atoms with Crippen LogP contribution in [0.2, 0.25) is 0 Å². The molecule has 2 saturated carbocycles. The van der Waals surface area contributed by atoms with E-state index >= 15 is 0 Å². The summed E-state index contributed by atoms with van der Waals surface area (Å²) in [6.07, 6.45) is -0.594. The molecule has 1 N–H and O–H groups in total. The fourth-order valence-corrected chi connectivity index (χ4v) is 8.57. The first-order valence-electron chi connectivity index (χ1n) is 13.5. The van der Waals surface area contributed by atoms with Crippen LogP contribution >= 0.6 is 0 Å². The Morgan fingerprint density at radius 2 is 1.82 bits per heavy atom. The number of ether oxygens (including phenoxy) is 4. The summed E-state index contributed by atoms with van der Waals surface area (Å²) in [5, 5.41) is 10.4. The maximum atomic E-state index is 14.2. The van der Waals surface area contributed by atoms with E-state index in [-0.39, 0.29) is 30.1 Å². The molecule has 3 aliphatic carbocycles. The highest BCUT2D eigenvalue weighted by Crippen LogP contribution is 2.67. The Labute approximate surface area is 227 Å². The Morgan fingerprint density at radius 3 is 2.41 bits per heavy atom. The van der Waals surface area contributed by atoms with Gasteiger partial charge in [0.25, 0.3) is 0 Å². The van der Waals surface area contributed by atoms with Gasteiger partial charge in [-0.15, -0.1) is 0 Å². The first kappa shape index (κ1) is 27.6. The number of esters is 4. The number of Topliss-reactive ketones (excluding diaryl/α,β-unsaturated/α-hetero) is 1. The summed E-state index contributed by atoms with van der Waals surface area (Å²) >= 11 is 0. The van der Waals surface area contributed by atoms with Gasteiger partial charge in [0, 0.05) is 41.2 Å². The molecule has 39 heavy (non-hydrogen) atoms. The van der Waals surface area contributed by atoms with Gasteiger partial charge in [-0.2, -0.15) is 0 Å². The lowest BCUT2D eigenvalue weighted by Gasteiger charge is -2.63. The van der Waals surface area contributed by atoms with E-state index in [4.69, 9.17) is 18.9 Å². The van der Waals surface area contributed by atoms with Crippen LogP contribution in [0.5, 0.6) is 0 Å². The number of carbonyl (C=O) groups is 5. The molecule has 0 aromatic heterocycles. The van der Waals surface area contributed by atoms with Gasteiger partial charge in [0.15, 0.2) is 0 Å². The number of allylic oxidation sites excluding steroid dienone is 1. The van der Waals surface area contributed by atoms with Gasteiger partial charge in [-0.3, -0.25) is 19.2 Å². The molecule has 10 nitrogen and oxygen atoms in total. The fraction of sp³-hybridized carbons (Fsp3) is 0.690. The van der Waals surface area contributed by atoms with Gasteiger partial charge in [-0.25, -0.2) is 4.79 Å². The molecular formula is C29H36O10. The Morgan fingerprint density at radius 1 is 1.13 bits per heavy atom. The van der Waals surface area contributed by atoms with Crippen molar-refractivity contribution < 1.29 is 48.0 Å². The van der Waals surface area contributed by atoms with Crippen molar-refractivity contribution in [1.29, 1.82) is 0 Å². The van der Waals surface area contributed by atoms with Crippen molar-refractivity contribution >= 4 is 29.7 Å². The van der Waals surface area contributed by atoms with E-state index in [9.17, 15) is 29.1 Å². The van der Waals surface area contributed by atoms with Gasteiger partial charge in [-0.05, 0) is 36.7 Å². The molecule has 5 aliphatic rings. The third-order valence-electron chi connectivity index (χ3n) is 10.3. The molecule has 2 bridgehead atoms. The molecule has 2 aliphatic heterocycles. The molecule has 0 amide bonds.